The van der Waals surface area contributed by atoms with Gasteiger partial charge in [-0.05, 0) is 112 Å². The van der Waals surface area contributed by atoms with Gasteiger partial charge < -0.3 is 129 Å². The number of carbonyl (C=O) groups is 18. The highest BCUT2D eigenvalue weighted by Gasteiger charge is 2.39. The normalized spacial score (nSPS) is 14.9. The van der Waals surface area contributed by atoms with Crippen molar-refractivity contribution in [2.75, 3.05) is 19.6 Å². The van der Waals surface area contributed by atoms with E-state index in [-0.39, 0.29) is 101 Å². The summed E-state index contributed by atoms with van der Waals surface area (Å²) >= 11 is 0. The molecule has 1 aromatic heterocycles. The van der Waals surface area contributed by atoms with E-state index in [2.05, 4.69) is 84.7 Å². The summed E-state index contributed by atoms with van der Waals surface area (Å²) in [5, 5.41) is 82.4. The minimum atomic E-state index is -2.04. The second kappa shape index (κ2) is 52.5. The van der Waals surface area contributed by atoms with Gasteiger partial charge in [0.25, 0.3) is 0 Å². The number of aromatic amines is 1. The summed E-state index contributed by atoms with van der Waals surface area (Å²) in [7, 11) is 0. The van der Waals surface area contributed by atoms with E-state index >= 15 is 0 Å². The number of aliphatic carboxylic acids is 3. The number of primary amides is 2. The summed E-state index contributed by atoms with van der Waals surface area (Å²) in [6.07, 6.45) is -2.53. The molecule has 44 heteroatoms. The maximum absolute atomic E-state index is 14.8. The Morgan fingerprint density at radius 3 is 1.23 bits per heavy atom. The van der Waals surface area contributed by atoms with Crippen molar-refractivity contribution in [3.63, 3.8) is 0 Å². The molecule has 0 fully saturated rings. The van der Waals surface area contributed by atoms with Crippen LogP contribution in [0.15, 0.2) is 30.5 Å². The number of hydrogen-bond donors (Lipinski definition) is 26. The Hall–Kier alpha value is -12.3. The summed E-state index contributed by atoms with van der Waals surface area (Å²) in [5.74, 6) is -23.0. The summed E-state index contributed by atoms with van der Waals surface area (Å²) in [4.78, 5) is 246. The molecule has 15 atom stereocenters. The molecule has 2 rings (SSSR count). The molecule has 0 aliphatic carbocycles. The number of aromatic nitrogens is 1. The van der Waals surface area contributed by atoms with Crippen LogP contribution < -0.4 is 108 Å². The largest absolute Gasteiger partial charge is 0.481 e. The topological polar surface area (TPSA) is 742 Å². The van der Waals surface area contributed by atoms with Crippen LogP contribution in [0, 0.1) is 40.4 Å². The predicted molar refractivity (Wildman–Crippen MR) is 436 cm³/mol. The first-order valence-corrected chi connectivity index (χ1v) is 39.8. The fraction of sp³-hybridized carbons (Fsp3) is 0.632. The summed E-state index contributed by atoms with van der Waals surface area (Å²) in [6, 6.07) is -12.6. The Morgan fingerprint density at radius 1 is 0.408 bits per heavy atom. The van der Waals surface area contributed by atoms with E-state index in [0.717, 1.165) is 16.5 Å². The fourth-order valence-corrected chi connectivity index (χ4v) is 12.2. The molecule has 15 amide bonds. The Morgan fingerprint density at radius 2 is 0.800 bits per heavy atom. The maximum Gasteiger partial charge on any atom is 0.326 e. The second-order valence-electron chi connectivity index (χ2n) is 30.9. The number of carboxylic acids is 3. The number of fused-ring (bicyclic) bond motifs is 1. The SMILES string of the molecule is CC[C@H](C)[C@H](NC(=O)[C@H](CCCNC(=N)N)NC(=O)[C@H](CCCNC(=N)N)NC(=O)[C@H](CC(C)C)NC(=O)[C@H](CC(C)C)NC(=O)[C@H](CCC(N)=O)NC(=O)[C@H](C)NC(=O)[C@H](CC(C)C)NC(=O)[C@@H](N)Cc1c[nH]c2ccccc12)C(=O)NCC(=O)N[C@@H](CC(=O)O)C(=O)N[C@@H](CCC(=O)O)C(=O)N[C@H](C(=O)N[C@@H](CC(N)=O)C(=O)O)[C@@H](C)CC. The predicted octanol–water partition coefficient (Wildman–Crippen LogP) is -4.69. The first-order chi connectivity index (χ1) is 56.2. The number of carboxylic acid groups (broad SMARTS) is 3. The van der Waals surface area contributed by atoms with Gasteiger partial charge in [-0.1, -0.05) is 100 Å². The molecule has 0 radical (unpaired) electrons. The van der Waals surface area contributed by atoms with Crippen LogP contribution in [0.25, 0.3) is 10.9 Å². The van der Waals surface area contributed by atoms with Gasteiger partial charge in [0.1, 0.15) is 72.5 Å². The number of guanidine groups is 2. The van der Waals surface area contributed by atoms with E-state index in [4.69, 9.17) is 39.5 Å². The van der Waals surface area contributed by atoms with Gasteiger partial charge in [-0.2, -0.15) is 0 Å². The van der Waals surface area contributed by atoms with Crippen molar-refractivity contribution in [3.05, 3.63) is 36.0 Å². The number of rotatable bonds is 57. The van der Waals surface area contributed by atoms with Gasteiger partial charge in [0.2, 0.25) is 88.6 Å². The van der Waals surface area contributed by atoms with Crippen LogP contribution in [-0.4, -0.2) is 237 Å². The van der Waals surface area contributed by atoms with Crippen molar-refractivity contribution in [1.29, 1.82) is 10.8 Å². The number of benzene rings is 1. The molecule has 2 aromatic rings. The monoisotopic (exact) mass is 1700 g/mol. The van der Waals surface area contributed by atoms with Gasteiger partial charge in [-0.3, -0.25) is 92.3 Å². The van der Waals surface area contributed by atoms with Gasteiger partial charge in [0.15, 0.2) is 11.9 Å². The number of amides is 15. The summed E-state index contributed by atoms with van der Waals surface area (Å²) in [5.41, 5.74) is 29.7. The number of nitrogens with two attached hydrogens (primary N) is 5. The van der Waals surface area contributed by atoms with E-state index in [1.165, 1.54) is 20.8 Å². The molecule has 44 nitrogen and oxygen atoms in total. The van der Waals surface area contributed by atoms with Crippen LogP contribution in [-0.2, 0) is 92.7 Å². The average Bonchev–Trinajstić information content (AvgIpc) is 1.65. The minimum absolute atomic E-state index is 0.0105. The first kappa shape index (κ1) is 104. The molecule has 0 aliphatic heterocycles. The minimum Gasteiger partial charge on any atom is -0.481 e. The summed E-state index contributed by atoms with van der Waals surface area (Å²) in [6.45, 7) is 17.0. The molecular formula is C76H125N23O21. The molecule has 120 heavy (non-hydrogen) atoms. The quantitative estimate of drug-likeness (QED) is 0.0168. The lowest BCUT2D eigenvalue weighted by molar-refractivity contribution is -0.144. The van der Waals surface area contributed by atoms with Gasteiger partial charge in [0.05, 0.1) is 25.4 Å². The number of para-hydroxylation sites is 1. The van der Waals surface area contributed by atoms with E-state index in [0.29, 0.717) is 0 Å². The Balaban J connectivity index is 2.49. The number of nitrogens with one attached hydrogen (secondary N) is 18. The summed E-state index contributed by atoms with van der Waals surface area (Å²) < 4.78 is 0. The smallest absolute Gasteiger partial charge is 0.326 e. The van der Waals surface area contributed by atoms with Gasteiger partial charge >= 0.3 is 17.9 Å². The number of hydrogen-bond acceptors (Lipinski definition) is 21. The standard InChI is InChI=1S/C76H125N23O21/c1-12-39(9)60(72(117)87-35-57(102)89-53(33-59(105)106)71(116)93-49(23-25-58(103)104)67(112)99-61(40(10)13-2)73(118)97-54(74(119)120)32-56(79)101)98-66(111)47(21-17-27-85-76(82)83)91-64(109)46(20-16-26-84-75(80)81)92-69(114)51(29-37(5)6)96-70(115)52(30-38(7)8)95-65(110)48(22-24-55(78)100)90-62(107)41(11)88-68(113)50(28-36(3)4)94-63(108)44(77)31-42-34-86-45-19-15-14-18-43(42)45/h14-15,18-19,34,36-41,44,46-54,60-61,86H,12-13,16-17,20-33,35,77H2,1-11H3,(H2,78,100)(H2,79,101)(H,87,117)(H,88,113)(H,89,102)(H,90,107)(H,91,109)(H,92,114)(H,93,116)(H,94,108)(H,95,110)(H,96,115)(H,97,118)(H,98,111)(H,99,112)(H,103,104)(H,105,106)(H,119,120)(H4,80,81,84)(H4,82,83,85)/t39-,40-,41-,44-,46-,47-,48-,49-,50-,51-,52-,53-,54-,60-,61-/m0/s1. The van der Waals surface area contributed by atoms with E-state index in [1.807, 2.05) is 38.1 Å². The lowest BCUT2D eigenvalue weighted by Crippen LogP contribution is -2.61. The zero-order chi connectivity index (χ0) is 91.0. The van der Waals surface area contributed by atoms with Crippen LogP contribution in [0.4, 0.5) is 0 Å². The maximum atomic E-state index is 14.8. The van der Waals surface area contributed by atoms with Gasteiger partial charge in [0, 0.05) is 43.0 Å². The second-order valence-corrected chi connectivity index (χ2v) is 30.9. The molecule has 31 N–H and O–H groups in total. The van der Waals surface area contributed by atoms with Crippen molar-refractivity contribution in [2.24, 2.45) is 58.3 Å². The molecule has 670 valence electrons. The van der Waals surface area contributed by atoms with E-state index in [1.54, 1.807) is 47.7 Å². The lowest BCUT2D eigenvalue weighted by Gasteiger charge is -2.29. The number of H-pyrrole nitrogens is 1. The first-order valence-electron chi connectivity index (χ1n) is 39.8. The van der Waals surface area contributed by atoms with Crippen LogP contribution in [0.3, 0.4) is 0 Å². The molecule has 0 saturated heterocycles. The molecule has 1 aromatic carbocycles. The molecular weight excluding hydrogens is 1570 g/mol. The molecule has 0 spiro atoms. The highest BCUT2D eigenvalue weighted by Crippen LogP contribution is 2.21. The van der Waals surface area contributed by atoms with Crippen molar-refractivity contribution in [3.8, 4) is 0 Å². The zero-order valence-electron chi connectivity index (χ0n) is 69.8. The molecule has 0 unspecified atom stereocenters. The molecule has 1 heterocycles. The number of carbonyl (C=O) groups excluding carboxylic acids is 15. The van der Waals surface area contributed by atoms with Crippen molar-refractivity contribution in [2.45, 2.75) is 257 Å². The third kappa shape index (κ3) is 38.9. The van der Waals surface area contributed by atoms with Crippen molar-refractivity contribution in [1.82, 2.24) is 84.7 Å². The third-order valence-electron chi connectivity index (χ3n) is 19.1. The molecule has 0 saturated carbocycles. The Kier molecular flexibility index (Phi) is 45.4. The Labute approximate surface area is 695 Å². The molecule has 0 aliphatic rings. The van der Waals surface area contributed by atoms with E-state index < -0.39 is 247 Å². The highest BCUT2D eigenvalue weighted by molar-refractivity contribution is 6.01. The molecule has 0 bridgehead atoms. The van der Waals surface area contributed by atoms with Crippen LogP contribution in [0.5, 0.6) is 0 Å². The average molecular weight is 1700 g/mol. The highest BCUT2D eigenvalue weighted by atomic mass is 16.4. The zero-order valence-corrected chi connectivity index (χ0v) is 69.8. The fourth-order valence-electron chi connectivity index (χ4n) is 12.2. The van der Waals surface area contributed by atoms with Crippen molar-refractivity contribution < 1.29 is 102 Å². The van der Waals surface area contributed by atoms with Gasteiger partial charge in [-0.25, -0.2) is 4.79 Å². The Bertz CT molecular complexity index is 3910. The van der Waals surface area contributed by atoms with Crippen LogP contribution >= 0.6 is 0 Å². The van der Waals surface area contributed by atoms with E-state index in [9.17, 15) is 102 Å². The van der Waals surface area contributed by atoms with Crippen molar-refractivity contribution >= 4 is 129 Å². The van der Waals surface area contributed by atoms with Crippen LogP contribution in [0.1, 0.15) is 178 Å². The third-order valence-corrected chi connectivity index (χ3v) is 19.1. The lowest BCUT2D eigenvalue weighted by atomic mass is 9.97. The van der Waals surface area contributed by atoms with Crippen LogP contribution in [0.2, 0.25) is 0 Å². The van der Waals surface area contributed by atoms with Gasteiger partial charge in [-0.15, -0.1) is 0 Å².